The Morgan fingerprint density at radius 2 is 2.22 bits per heavy atom. The molecule has 1 saturated heterocycles. The molecule has 0 unspecified atom stereocenters. The Labute approximate surface area is 109 Å². The van der Waals surface area contributed by atoms with Crippen LogP contribution < -0.4 is 5.32 Å². The second kappa shape index (κ2) is 6.75. The molecule has 2 heterocycles. The van der Waals surface area contributed by atoms with E-state index in [9.17, 15) is 0 Å². The Morgan fingerprint density at radius 3 is 2.89 bits per heavy atom. The van der Waals surface area contributed by atoms with E-state index in [4.69, 9.17) is 4.74 Å². The summed E-state index contributed by atoms with van der Waals surface area (Å²) in [4.78, 5) is 2.50. The minimum absolute atomic E-state index is 0.591. The fourth-order valence-electron chi connectivity index (χ4n) is 2.37. The fraction of sp³-hybridized carbons (Fsp3) is 0.769. The number of hydrogen-bond acceptors (Lipinski definition) is 4. The summed E-state index contributed by atoms with van der Waals surface area (Å²) in [6, 6.07) is 0.591. The normalized spacial score (nSPS) is 18.1. The van der Waals surface area contributed by atoms with Crippen LogP contribution in [0.15, 0.2) is 12.4 Å². The van der Waals surface area contributed by atoms with Crippen molar-refractivity contribution in [3.63, 3.8) is 0 Å². The molecular formula is C13H24N4O. The summed E-state index contributed by atoms with van der Waals surface area (Å²) in [5.74, 6) is 0. The molecule has 1 aromatic heterocycles. The van der Waals surface area contributed by atoms with Gasteiger partial charge in [0.1, 0.15) is 0 Å². The van der Waals surface area contributed by atoms with Gasteiger partial charge in [0, 0.05) is 32.4 Å². The third-order valence-corrected chi connectivity index (χ3v) is 3.56. The molecule has 18 heavy (non-hydrogen) atoms. The smallest absolute Gasteiger partial charge is 0.0728 e. The average molecular weight is 252 g/mol. The van der Waals surface area contributed by atoms with Crippen LogP contribution in [-0.2, 0) is 11.3 Å². The summed E-state index contributed by atoms with van der Waals surface area (Å²) >= 11 is 0. The molecule has 1 aromatic rings. The number of nitrogens with one attached hydrogen (secondary N) is 1. The van der Waals surface area contributed by atoms with Crippen LogP contribution in [0, 0.1) is 0 Å². The summed E-state index contributed by atoms with van der Waals surface area (Å²) < 4.78 is 6.97. The summed E-state index contributed by atoms with van der Waals surface area (Å²) in [6.07, 6.45) is 6.40. The molecule has 0 radical (unpaired) electrons. The van der Waals surface area contributed by atoms with Crippen molar-refractivity contribution in [3.05, 3.63) is 12.4 Å². The number of ether oxygens (including phenoxy) is 1. The first-order valence-corrected chi connectivity index (χ1v) is 6.82. The molecule has 102 valence electrons. The maximum Gasteiger partial charge on any atom is 0.0728 e. The number of anilines is 1. The third-order valence-electron chi connectivity index (χ3n) is 3.56. The summed E-state index contributed by atoms with van der Waals surface area (Å²) in [5, 5.41) is 7.89. The molecule has 5 nitrogen and oxygen atoms in total. The van der Waals surface area contributed by atoms with Gasteiger partial charge in [-0.3, -0.25) is 4.68 Å². The van der Waals surface area contributed by atoms with Crippen LogP contribution in [-0.4, -0.2) is 54.1 Å². The van der Waals surface area contributed by atoms with Gasteiger partial charge < -0.3 is 15.0 Å². The first kappa shape index (κ1) is 13.4. The van der Waals surface area contributed by atoms with Gasteiger partial charge in [-0.05, 0) is 19.4 Å². The van der Waals surface area contributed by atoms with Gasteiger partial charge in [0.05, 0.1) is 25.0 Å². The molecule has 2 rings (SSSR count). The summed E-state index contributed by atoms with van der Waals surface area (Å²) in [5.41, 5.74) is 1.13. The minimum atomic E-state index is 0.591. The standard InChI is InChI=1S/C13H24N4O/c1-3-16-6-4-12(5-7-16)15-13-10-14-17(11-13)8-9-18-2/h10-12,15H,3-9H2,1-2H3. The second-order valence-corrected chi connectivity index (χ2v) is 4.84. The van der Waals surface area contributed by atoms with E-state index < -0.39 is 0 Å². The van der Waals surface area contributed by atoms with Crippen LogP contribution in [0.4, 0.5) is 5.69 Å². The number of likely N-dealkylation sites (tertiary alicyclic amines) is 1. The quantitative estimate of drug-likeness (QED) is 0.831. The lowest BCUT2D eigenvalue weighted by Crippen LogP contribution is -2.38. The number of nitrogens with zero attached hydrogens (tertiary/aromatic N) is 3. The van der Waals surface area contributed by atoms with E-state index in [-0.39, 0.29) is 0 Å². The van der Waals surface area contributed by atoms with E-state index in [1.807, 2.05) is 10.9 Å². The maximum absolute atomic E-state index is 5.04. The van der Waals surface area contributed by atoms with Crippen molar-refractivity contribution in [2.24, 2.45) is 0 Å². The zero-order valence-corrected chi connectivity index (χ0v) is 11.4. The minimum Gasteiger partial charge on any atom is -0.383 e. The van der Waals surface area contributed by atoms with Gasteiger partial charge in [-0.2, -0.15) is 5.10 Å². The Balaban J connectivity index is 1.77. The SMILES string of the molecule is CCN1CCC(Nc2cnn(CCOC)c2)CC1. The highest BCUT2D eigenvalue weighted by molar-refractivity contribution is 5.39. The monoisotopic (exact) mass is 252 g/mol. The van der Waals surface area contributed by atoms with Crippen LogP contribution in [0.2, 0.25) is 0 Å². The molecule has 1 aliphatic heterocycles. The van der Waals surface area contributed by atoms with Gasteiger partial charge in [-0.1, -0.05) is 6.92 Å². The van der Waals surface area contributed by atoms with E-state index in [0.717, 1.165) is 12.2 Å². The predicted octanol–water partition coefficient (Wildman–Crippen LogP) is 1.43. The first-order valence-electron chi connectivity index (χ1n) is 6.82. The van der Waals surface area contributed by atoms with Crippen molar-refractivity contribution < 1.29 is 4.74 Å². The zero-order valence-electron chi connectivity index (χ0n) is 11.4. The number of piperidine rings is 1. The Bertz CT molecular complexity index is 345. The predicted molar refractivity (Wildman–Crippen MR) is 72.9 cm³/mol. The van der Waals surface area contributed by atoms with Crippen LogP contribution in [0.3, 0.4) is 0 Å². The molecular weight excluding hydrogens is 228 g/mol. The van der Waals surface area contributed by atoms with E-state index in [0.29, 0.717) is 12.6 Å². The van der Waals surface area contributed by atoms with Gasteiger partial charge in [-0.15, -0.1) is 0 Å². The molecule has 0 spiro atoms. The van der Waals surface area contributed by atoms with Crippen molar-refractivity contribution in [1.82, 2.24) is 14.7 Å². The molecule has 0 aromatic carbocycles. The van der Waals surface area contributed by atoms with Gasteiger partial charge in [-0.25, -0.2) is 0 Å². The van der Waals surface area contributed by atoms with Crippen LogP contribution in [0.25, 0.3) is 0 Å². The first-order chi connectivity index (χ1) is 8.81. The largest absolute Gasteiger partial charge is 0.383 e. The van der Waals surface area contributed by atoms with E-state index in [2.05, 4.69) is 28.4 Å². The highest BCUT2D eigenvalue weighted by Crippen LogP contribution is 2.15. The zero-order chi connectivity index (χ0) is 12.8. The number of rotatable bonds is 6. The topological polar surface area (TPSA) is 42.3 Å². The van der Waals surface area contributed by atoms with Crippen LogP contribution in [0.1, 0.15) is 19.8 Å². The fourth-order valence-corrected chi connectivity index (χ4v) is 2.37. The number of methoxy groups -OCH3 is 1. The maximum atomic E-state index is 5.04. The highest BCUT2D eigenvalue weighted by Gasteiger charge is 2.17. The van der Waals surface area contributed by atoms with E-state index in [1.54, 1.807) is 7.11 Å². The Kier molecular flexibility index (Phi) is 5.01. The molecule has 5 heteroatoms. The van der Waals surface area contributed by atoms with Crippen molar-refractivity contribution in [2.45, 2.75) is 32.4 Å². The lowest BCUT2D eigenvalue weighted by molar-refractivity contribution is 0.183. The summed E-state index contributed by atoms with van der Waals surface area (Å²) in [7, 11) is 1.71. The van der Waals surface area contributed by atoms with Crippen molar-refractivity contribution in [2.75, 3.05) is 38.7 Å². The number of aromatic nitrogens is 2. The number of hydrogen-bond donors (Lipinski definition) is 1. The third kappa shape index (κ3) is 3.71. The molecule has 1 aliphatic rings. The van der Waals surface area contributed by atoms with E-state index >= 15 is 0 Å². The Hall–Kier alpha value is -1.07. The van der Waals surface area contributed by atoms with Crippen LogP contribution in [0.5, 0.6) is 0 Å². The molecule has 0 atom stereocenters. The van der Waals surface area contributed by atoms with Gasteiger partial charge >= 0.3 is 0 Å². The molecule has 0 saturated carbocycles. The van der Waals surface area contributed by atoms with Crippen LogP contribution >= 0.6 is 0 Å². The van der Waals surface area contributed by atoms with Gasteiger partial charge in [0.15, 0.2) is 0 Å². The van der Waals surface area contributed by atoms with Crippen molar-refractivity contribution >= 4 is 5.69 Å². The molecule has 0 bridgehead atoms. The lowest BCUT2D eigenvalue weighted by atomic mass is 10.1. The molecule has 1 fully saturated rings. The van der Waals surface area contributed by atoms with Crippen molar-refractivity contribution in [1.29, 1.82) is 0 Å². The van der Waals surface area contributed by atoms with Gasteiger partial charge in [0.25, 0.3) is 0 Å². The van der Waals surface area contributed by atoms with Gasteiger partial charge in [0.2, 0.25) is 0 Å². The summed E-state index contributed by atoms with van der Waals surface area (Å²) in [6.45, 7) is 7.32. The van der Waals surface area contributed by atoms with Crippen molar-refractivity contribution in [3.8, 4) is 0 Å². The molecule has 0 aliphatic carbocycles. The van der Waals surface area contributed by atoms with E-state index in [1.165, 1.54) is 32.5 Å². The lowest BCUT2D eigenvalue weighted by Gasteiger charge is -2.31. The Morgan fingerprint density at radius 1 is 1.44 bits per heavy atom. The average Bonchev–Trinajstić information content (AvgIpc) is 2.85. The highest BCUT2D eigenvalue weighted by atomic mass is 16.5. The second-order valence-electron chi connectivity index (χ2n) is 4.84. The molecule has 0 amide bonds. The molecule has 1 N–H and O–H groups in total.